The molecule has 1 heterocycles. The molecule has 0 spiro atoms. The van der Waals surface area contributed by atoms with Crippen molar-refractivity contribution in [3.63, 3.8) is 0 Å². The highest BCUT2D eigenvalue weighted by Crippen LogP contribution is 2.29. The quantitative estimate of drug-likeness (QED) is 0.549. The Kier molecular flexibility index (Phi) is 6.20. The molecular formula is C18H27NO7S. The molecule has 1 aromatic carbocycles. The molecule has 27 heavy (non-hydrogen) atoms. The Morgan fingerprint density at radius 2 is 1.85 bits per heavy atom. The van der Waals surface area contributed by atoms with E-state index in [2.05, 4.69) is 0 Å². The minimum Gasteiger partial charge on any atom is -0.427 e. The van der Waals surface area contributed by atoms with E-state index in [0.717, 1.165) is 5.56 Å². The zero-order valence-corrected chi connectivity index (χ0v) is 17.3. The fourth-order valence-corrected chi connectivity index (χ4v) is 3.40. The first kappa shape index (κ1) is 21.6. The summed E-state index contributed by atoms with van der Waals surface area (Å²) in [7, 11) is -3.94. The molecule has 0 radical (unpaired) electrons. The van der Waals surface area contributed by atoms with Gasteiger partial charge >= 0.3 is 6.16 Å². The summed E-state index contributed by atoms with van der Waals surface area (Å²) in [6.07, 6.45) is -0.896. The first-order chi connectivity index (χ1) is 12.3. The van der Waals surface area contributed by atoms with Crippen LogP contribution in [0.25, 0.3) is 0 Å². The second-order valence-corrected chi connectivity index (χ2v) is 9.46. The van der Waals surface area contributed by atoms with E-state index in [-0.39, 0.29) is 18.1 Å². The van der Waals surface area contributed by atoms with Gasteiger partial charge in [0.1, 0.15) is 11.3 Å². The Labute approximate surface area is 160 Å². The molecular weight excluding hydrogens is 374 g/mol. The van der Waals surface area contributed by atoms with Crippen LogP contribution in [0.3, 0.4) is 0 Å². The predicted molar refractivity (Wildman–Crippen MR) is 97.3 cm³/mol. The molecule has 1 aliphatic heterocycles. The van der Waals surface area contributed by atoms with Gasteiger partial charge in [-0.1, -0.05) is 22.8 Å². The highest BCUT2D eigenvalue weighted by Gasteiger charge is 2.45. The number of hydrogen-bond donors (Lipinski definition) is 0. The van der Waals surface area contributed by atoms with Crippen molar-refractivity contribution in [2.75, 3.05) is 13.2 Å². The van der Waals surface area contributed by atoms with E-state index in [1.165, 1.54) is 17.2 Å². The Morgan fingerprint density at radius 3 is 2.41 bits per heavy atom. The number of carbonyl (C=O) groups excluding carboxylic acids is 1. The van der Waals surface area contributed by atoms with E-state index in [1.54, 1.807) is 46.8 Å². The first-order valence-electron chi connectivity index (χ1n) is 8.60. The van der Waals surface area contributed by atoms with E-state index in [9.17, 15) is 13.2 Å². The fourth-order valence-electron chi connectivity index (χ4n) is 2.46. The molecule has 0 bridgehead atoms. The van der Waals surface area contributed by atoms with Crippen LogP contribution in [0.4, 0.5) is 4.79 Å². The molecule has 0 N–H and O–H groups in total. The highest BCUT2D eigenvalue weighted by atomic mass is 32.2. The van der Waals surface area contributed by atoms with Gasteiger partial charge in [0.2, 0.25) is 0 Å². The molecule has 1 atom stereocenters. The van der Waals surface area contributed by atoms with Crippen LogP contribution in [-0.4, -0.2) is 50.2 Å². The maximum Gasteiger partial charge on any atom is 0.528 e. The minimum absolute atomic E-state index is 0.0610. The molecule has 0 saturated carbocycles. The number of hydrogen-bond acceptors (Lipinski definition) is 8. The Morgan fingerprint density at radius 1 is 1.26 bits per heavy atom. The zero-order valence-electron chi connectivity index (χ0n) is 16.5. The molecule has 152 valence electrons. The molecule has 1 fully saturated rings. The van der Waals surface area contributed by atoms with Gasteiger partial charge in [-0.3, -0.25) is 4.18 Å². The third-order valence-electron chi connectivity index (χ3n) is 3.78. The van der Waals surface area contributed by atoms with Crippen molar-refractivity contribution in [2.24, 2.45) is 0 Å². The van der Waals surface area contributed by atoms with Gasteiger partial charge in [-0.2, -0.15) is 8.42 Å². The van der Waals surface area contributed by atoms with Crippen LogP contribution in [0.15, 0.2) is 29.2 Å². The molecule has 1 saturated heterocycles. The van der Waals surface area contributed by atoms with Gasteiger partial charge < -0.3 is 14.3 Å². The second kappa shape index (κ2) is 7.75. The van der Waals surface area contributed by atoms with Crippen molar-refractivity contribution in [2.45, 2.75) is 63.8 Å². The van der Waals surface area contributed by atoms with E-state index in [0.29, 0.717) is 0 Å². The first-order valence-corrected chi connectivity index (χ1v) is 10.0. The lowest BCUT2D eigenvalue weighted by Gasteiger charge is -2.31. The SMILES string of the molecule is Cc1ccc(S(=O)(=O)OCC2COC(C)(C)N2OC(=O)OC(C)(C)C)cc1. The van der Waals surface area contributed by atoms with Crippen molar-refractivity contribution in [1.29, 1.82) is 0 Å². The maximum atomic E-state index is 12.4. The Bertz CT molecular complexity index is 766. The van der Waals surface area contributed by atoms with Gasteiger partial charge in [0.15, 0.2) is 0 Å². The van der Waals surface area contributed by atoms with Crippen LogP contribution in [0.2, 0.25) is 0 Å². The van der Waals surface area contributed by atoms with Crippen LogP contribution < -0.4 is 0 Å². The average Bonchev–Trinajstić information content (AvgIpc) is 2.79. The van der Waals surface area contributed by atoms with Gasteiger partial charge in [0, 0.05) is 0 Å². The number of nitrogens with zero attached hydrogens (tertiary/aromatic N) is 1. The average molecular weight is 401 g/mol. The molecule has 1 unspecified atom stereocenters. The van der Waals surface area contributed by atoms with Crippen molar-refractivity contribution >= 4 is 16.3 Å². The van der Waals surface area contributed by atoms with E-state index >= 15 is 0 Å². The summed E-state index contributed by atoms with van der Waals surface area (Å²) in [5.74, 6) is 0. The van der Waals surface area contributed by atoms with Gasteiger partial charge in [-0.15, -0.1) is 0 Å². The zero-order chi connectivity index (χ0) is 20.5. The largest absolute Gasteiger partial charge is 0.528 e. The normalized spacial score (nSPS) is 20.4. The predicted octanol–water partition coefficient (Wildman–Crippen LogP) is 3.00. The molecule has 1 aliphatic rings. The smallest absolute Gasteiger partial charge is 0.427 e. The Balaban J connectivity index is 2.05. The number of carbonyl (C=O) groups is 1. The molecule has 9 heteroatoms. The number of benzene rings is 1. The molecule has 0 amide bonds. The summed E-state index contributed by atoms with van der Waals surface area (Å²) in [6, 6.07) is 5.74. The van der Waals surface area contributed by atoms with Crippen LogP contribution >= 0.6 is 0 Å². The van der Waals surface area contributed by atoms with Crippen molar-refractivity contribution in [3.05, 3.63) is 29.8 Å². The molecule has 0 aromatic heterocycles. The molecule has 8 nitrogen and oxygen atoms in total. The summed E-state index contributed by atoms with van der Waals surface area (Å²) >= 11 is 0. The van der Waals surface area contributed by atoms with Crippen LogP contribution in [0, 0.1) is 6.92 Å². The maximum absolute atomic E-state index is 12.4. The van der Waals surface area contributed by atoms with Gasteiger partial charge in [-0.25, -0.2) is 4.79 Å². The monoisotopic (exact) mass is 401 g/mol. The lowest BCUT2D eigenvalue weighted by Crippen LogP contribution is -2.47. The highest BCUT2D eigenvalue weighted by molar-refractivity contribution is 7.86. The number of rotatable bonds is 5. The van der Waals surface area contributed by atoms with Crippen molar-refractivity contribution < 1.29 is 31.7 Å². The third kappa shape index (κ3) is 5.90. The third-order valence-corrected chi connectivity index (χ3v) is 5.07. The van der Waals surface area contributed by atoms with Crippen molar-refractivity contribution in [3.8, 4) is 0 Å². The number of ether oxygens (including phenoxy) is 2. The van der Waals surface area contributed by atoms with E-state index in [1.807, 2.05) is 6.92 Å². The summed E-state index contributed by atoms with van der Waals surface area (Å²) in [4.78, 5) is 17.3. The summed E-state index contributed by atoms with van der Waals surface area (Å²) in [6.45, 7) is 10.3. The summed E-state index contributed by atoms with van der Waals surface area (Å²) < 4.78 is 40.6. The van der Waals surface area contributed by atoms with E-state index in [4.69, 9.17) is 18.5 Å². The van der Waals surface area contributed by atoms with E-state index < -0.39 is 33.6 Å². The molecule has 2 rings (SSSR count). The van der Waals surface area contributed by atoms with Gasteiger partial charge in [0.05, 0.1) is 24.2 Å². The lowest BCUT2D eigenvalue weighted by atomic mass is 10.2. The van der Waals surface area contributed by atoms with Crippen molar-refractivity contribution in [1.82, 2.24) is 5.06 Å². The number of aryl methyl sites for hydroxylation is 1. The summed E-state index contributed by atoms with van der Waals surface area (Å²) in [5, 5.41) is 1.27. The topological polar surface area (TPSA) is 91.4 Å². The van der Waals surface area contributed by atoms with Crippen LogP contribution in [0.1, 0.15) is 40.2 Å². The Hall–Kier alpha value is -1.68. The minimum atomic E-state index is -3.94. The number of hydroxylamine groups is 2. The van der Waals surface area contributed by atoms with Gasteiger partial charge in [0.25, 0.3) is 10.1 Å². The summed E-state index contributed by atoms with van der Waals surface area (Å²) in [5.41, 5.74) is -0.724. The molecule has 1 aromatic rings. The molecule has 0 aliphatic carbocycles. The van der Waals surface area contributed by atoms with Gasteiger partial charge in [-0.05, 0) is 53.7 Å². The second-order valence-electron chi connectivity index (χ2n) is 7.84. The fraction of sp³-hybridized carbons (Fsp3) is 0.611. The van der Waals surface area contributed by atoms with Crippen LogP contribution in [-0.2, 0) is 28.6 Å². The standard InChI is InChI=1S/C18H27NO7S/c1-13-7-9-15(10-8-13)27(21,22)24-12-14-11-23-18(5,6)19(14)26-16(20)25-17(2,3)4/h7-10,14H,11-12H2,1-6H3. The van der Waals surface area contributed by atoms with Crippen LogP contribution in [0.5, 0.6) is 0 Å². The lowest BCUT2D eigenvalue weighted by molar-refractivity contribution is -0.236.